The van der Waals surface area contributed by atoms with Crippen LogP contribution in [0.1, 0.15) is 11.4 Å². The summed E-state index contributed by atoms with van der Waals surface area (Å²) in [5, 5.41) is 4.32. The van der Waals surface area contributed by atoms with E-state index < -0.39 is 0 Å². The molecule has 0 aliphatic rings. The fraction of sp³-hybridized carbons (Fsp3) is 0.250. The Kier molecular flexibility index (Phi) is 3.89. The molecule has 0 unspecified atom stereocenters. The van der Waals surface area contributed by atoms with Gasteiger partial charge in [0.25, 0.3) is 0 Å². The van der Waals surface area contributed by atoms with Crippen LogP contribution in [0.3, 0.4) is 0 Å². The van der Waals surface area contributed by atoms with Gasteiger partial charge in [0.15, 0.2) is 0 Å². The third-order valence-electron chi connectivity index (χ3n) is 2.46. The predicted molar refractivity (Wildman–Crippen MR) is 74.1 cm³/mol. The van der Waals surface area contributed by atoms with Gasteiger partial charge in [0.05, 0.1) is 20.3 Å². The molecule has 1 aromatic carbocycles. The van der Waals surface area contributed by atoms with Gasteiger partial charge in [-0.1, -0.05) is 12.1 Å². The Morgan fingerprint density at radius 2 is 2.00 bits per heavy atom. The Morgan fingerprint density at radius 3 is 2.59 bits per heavy atom. The molecule has 90 valence electrons. The number of hydrogen-bond donors (Lipinski definition) is 0. The molecule has 0 radical (unpaired) electrons. The van der Waals surface area contributed by atoms with Crippen LogP contribution in [0, 0.1) is 6.92 Å². The number of nitrogens with zero attached hydrogens (tertiary/aromatic N) is 2. The lowest BCUT2D eigenvalue weighted by Crippen LogP contribution is -2.03. The minimum Gasteiger partial charge on any atom is -0.486 e. The summed E-state index contributed by atoms with van der Waals surface area (Å²) in [7, 11) is 1.91. The van der Waals surface area contributed by atoms with Gasteiger partial charge in [0, 0.05) is 7.05 Å². The molecule has 5 heteroatoms. The molecule has 0 saturated carbocycles. The van der Waals surface area contributed by atoms with Gasteiger partial charge in [0.2, 0.25) is 0 Å². The van der Waals surface area contributed by atoms with Crippen molar-refractivity contribution in [2.45, 2.75) is 13.5 Å². The van der Waals surface area contributed by atoms with Crippen molar-refractivity contribution in [1.82, 2.24) is 9.78 Å². The molecule has 0 amide bonds. The molecule has 0 aliphatic carbocycles. The standard InChI is InChI=1S/C12H12Br2N2O/c1-8-12(14)10(16(2)15-8)7-17-11-6-4-3-5-9(11)13/h3-6H,7H2,1-2H3. The zero-order valence-electron chi connectivity index (χ0n) is 9.58. The number of aromatic nitrogens is 2. The maximum Gasteiger partial charge on any atom is 0.134 e. The van der Waals surface area contributed by atoms with Crippen molar-refractivity contribution in [2.75, 3.05) is 0 Å². The number of benzene rings is 1. The van der Waals surface area contributed by atoms with Crippen LogP contribution in [0.4, 0.5) is 0 Å². The molecule has 0 atom stereocenters. The maximum absolute atomic E-state index is 5.76. The van der Waals surface area contributed by atoms with Crippen LogP contribution in [-0.2, 0) is 13.7 Å². The van der Waals surface area contributed by atoms with Crippen molar-refractivity contribution in [1.29, 1.82) is 0 Å². The Bertz CT molecular complexity index is 537. The highest BCUT2D eigenvalue weighted by Gasteiger charge is 2.11. The maximum atomic E-state index is 5.76. The van der Waals surface area contributed by atoms with Gasteiger partial charge >= 0.3 is 0 Å². The molecule has 0 saturated heterocycles. The number of rotatable bonds is 3. The number of aryl methyl sites for hydroxylation is 2. The van der Waals surface area contributed by atoms with Crippen molar-refractivity contribution in [3.8, 4) is 5.75 Å². The number of hydrogen-bond acceptors (Lipinski definition) is 2. The molecule has 2 aromatic rings. The van der Waals surface area contributed by atoms with E-state index in [0.29, 0.717) is 6.61 Å². The van der Waals surface area contributed by atoms with Gasteiger partial charge in [-0.05, 0) is 50.9 Å². The molecule has 0 aliphatic heterocycles. The SMILES string of the molecule is Cc1nn(C)c(COc2ccccc2Br)c1Br. The molecule has 0 bridgehead atoms. The predicted octanol–water partition coefficient (Wildman–Crippen LogP) is 3.83. The number of para-hydroxylation sites is 1. The lowest BCUT2D eigenvalue weighted by atomic mass is 10.3. The molecular weight excluding hydrogens is 348 g/mol. The molecule has 1 heterocycles. The molecule has 3 nitrogen and oxygen atoms in total. The molecule has 17 heavy (non-hydrogen) atoms. The van der Waals surface area contributed by atoms with Gasteiger partial charge in [-0.15, -0.1) is 0 Å². The number of ether oxygens (including phenoxy) is 1. The fourth-order valence-electron chi connectivity index (χ4n) is 1.54. The zero-order chi connectivity index (χ0) is 12.4. The Labute approximate surface area is 117 Å². The second kappa shape index (κ2) is 5.23. The third-order valence-corrected chi connectivity index (χ3v) is 4.15. The van der Waals surface area contributed by atoms with Crippen molar-refractivity contribution < 1.29 is 4.74 Å². The summed E-state index contributed by atoms with van der Waals surface area (Å²) in [4.78, 5) is 0. The van der Waals surface area contributed by atoms with Crippen LogP contribution in [0.15, 0.2) is 33.2 Å². The smallest absolute Gasteiger partial charge is 0.134 e. The Balaban J connectivity index is 2.15. The summed E-state index contributed by atoms with van der Waals surface area (Å²) in [6, 6.07) is 7.80. The van der Waals surface area contributed by atoms with E-state index in [1.807, 2.05) is 42.9 Å². The van der Waals surface area contributed by atoms with E-state index in [-0.39, 0.29) is 0 Å². The topological polar surface area (TPSA) is 27.1 Å². The summed E-state index contributed by atoms with van der Waals surface area (Å²) in [6.45, 7) is 2.45. The van der Waals surface area contributed by atoms with Crippen molar-refractivity contribution >= 4 is 31.9 Å². The van der Waals surface area contributed by atoms with Gasteiger partial charge in [0.1, 0.15) is 12.4 Å². The third kappa shape index (κ3) is 2.72. The normalized spacial score (nSPS) is 10.6. The second-order valence-electron chi connectivity index (χ2n) is 3.69. The average Bonchev–Trinajstić information content (AvgIpc) is 2.53. The summed E-state index contributed by atoms with van der Waals surface area (Å²) < 4.78 is 9.55. The summed E-state index contributed by atoms with van der Waals surface area (Å²) in [5.41, 5.74) is 2.00. The van der Waals surface area contributed by atoms with Crippen LogP contribution in [0.5, 0.6) is 5.75 Å². The molecule has 0 fully saturated rings. The highest BCUT2D eigenvalue weighted by Crippen LogP contribution is 2.26. The van der Waals surface area contributed by atoms with E-state index in [9.17, 15) is 0 Å². The first kappa shape index (κ1) is 12.6. The Morgan fingerprint density at radius 1 is 1.29 bits per heavy atom. The van der Waals surface area contributed by atoms with Gasteiger partial charge in [-0.25, -0.2) is 0 Å². The second-order valence-corrected chi connectivity index (χ2v) is 5.34. The van der Waals surface area contributed by atoms with Gasteiger partial charge < -0.3 is 4.74 Å². The summed E-state index contributed by atoms with van der Waals surface area (Å²) in [5.74, 6) is 0.832. The fourth-order valence-corrected chi connectivity index (χ4v) is 2.39. The first-order valence-corrected chi connectivity index (χ1v) is 6.73. The van der Waals surface area contributed by atoms with Crippen molar-refractivity contribution in [3.63, 3.8) is 0 Å². The summed E-state index contributed by atoms with van der Waals surface area (Å²) >= 11 is 6.97. The number of halogens is 2. The molecule has 1 aromatic heterocycles. The van der Waals surface area contributed by atoms with E-state index in [0.717, 1.165) is 26.1 Å². The van der Waals surface area contributed by atoms with E-state index >= 15 is 0 Å². The lowest BCUT2D eigenvalue weighted by Gasteiger charge is -2.08. The van der Waals surface area contributed by atoms with Crippen LogP contribution < -0.4 is 4.74 Å². The largest absolute Gasteiger partial charge is 0.486 e. The van der Waals surface area contributed by atoms with E-state index in [1.54, 1.807) is 0 Å². The van der Waals surface area contributed by atoms with E-state index in [4.69, 9.17) is 4.74 Å². The minimum absolute atomic E-state index is 0.487. The minimum atomic E-state index is 0.487. The molecule has 2 rings (SSSR count). The Hall–Kier alpha value is -0.810. The van der Waals surface area contributed by atoms with Crippen LogP contribution >= 0.6 is 31.9 Å². The van der Waals surface area contributed by atoms with Crippen LogP contribution in [-0.4, -0.2) is 9.78 Å². The monoisotopic (exact) mass is 358 g/mol. The molecule has 0 spiro atoms. The quantitative estimate of drug-likeness (QED) is 0.832. The zero-order valence-corrected chi connectivity index (χ0v) is 12.7. The van der Waals surface area contributed by atoms with E-state index in [1.165, 1.54) is 0 Å². The van der Waals surface area contributed by atoms with Crippen molar-refractivity contribution in [3.05, 3.63) is 44.6 Å². The summed E-state index contributed by atoms with van der Waals surface area (Å²) in [6.07, 6.45) is 0. The highest BCUT2D eigenvalue weighted by atomic mass is 79.9. The molecular formula is C12H12Br2N2O. The molecule has 0 N–H and O–H groups in total. The van der Waals surface area contributed by atoms with E-state index in [2.05, 4.69) is 37.0 Å². The first-order chi connectivity index (χ1) is 8.09. The average molecular weight is 360 g/mol. The van der Waals surface area contributed by atoms with Crippen LogP contribution in [0.25, 0.3) is 0 Å². The highest BCUT2D eigenvalue weighted by molar-refractivity contribution is 9.10. The van der Waals surface area contributed by atoms with Crippen LogP contribution in [0.2, 0.25) is 0 Å². The van der Waals surface area contributed by atoms with Gasteiger partial charge in [-0.3, -0.25) is 4.68 Å². The van der Waals surface area contributed by atoms with Gasteiger partial charge in [-0.2, -0.15) is 5.10 Å². The van der Waals surface area contributed by atoms with Crippen molar-refractivity contribution in [2.24, 2.45) is 7.05 Å². The first-order valence-electron chi connectivity index (χ1n) is 5.15. The lowest BCUT2D eigenvalue weighted by molar-refractivity contribution is 0.292.